The molecule has 0 saturated heterocycles. The minimum atomic E-state index is -3.88. The number of benzene rings is 1. The first-order chi connectivity index (χ1) is 9.32. The molecule has 0 atom stereocenters. The van der Waals surface area contributed by atoms with Gasteiger partial charge in [0, 0.05) is 13.6 Å². The predicted molar refractivity (Wildman–Crippen MR) is 73.9 cm³/mol. The molecule has 0 aliphatic carbocycles. The van der Waals surface area contributed by atoms with E-state index in [2.05, 4.69) is 5.32 Å². The van der Waals surface area contributed by atoms with E-state index in [0.717, 1.165) is 22.5 Å². The topological polar surface area (TPSA) is 92.5 Å². The summed E-state index contributed by atoms with van der Waals surface area (Å²) in [5.41, 5.74) is 5.13. The van der Waals surface area contributed by atoms with E-state index < -0.39 is 21.7 Å². The Bertz CT molecular complexity index is 590. The summed E-state index contributed by atoms with van der Waals surface area (Å²) in [5.74, 6) is -1.10. The van der Waals surface area contributed by atoms with Crippen LogP contribution in [0.5, 0.6) is 0 Å². The molecular formula is C12H18FN3O3S. The lowest BCUT2D eigenvalue weighted by molar-refractivity contribution is -0.120. The highest BCUT2D eigenvalue weighted by molar-refractivity contribution is 7.89. The number of nitrogen functional groups attached to an aromatic ring is 1. The summed E-state index contributed by atoms with van der Waals surface area (Å²) in [4.78, 5) is 11.3. The van der Waals surface area contributed by atoms with Crippen LogP contribution >= 0.6 is 0 Å². The van der Waals surface area contributed by atoms with Crippen molar-refractivity contribution in [3.05, 3.63) is 24.0 Å². The summed E-state index contributed by atoms with van der Waals surface area (Å²) >= 11 is 0. The smallest absolute Gasteiger partial charge is 0.243 e. The van der Waals surface area contributed by atoms with Gasteiger partial charge < -0.3 is 11.1 Å². The number of amides is 1. The number of carbonyl (C=O) groups is 1. The van der Waals surface area contributed by atoms with Gasteiger partial charge in [0.1, 0.15) is 5.82 Å². The van der Waals surface area contributed by atoms with Gasteiger partial charge in [-0.25, -0.2) is 12.8 Å². The van der Waals surface area contributed by atoms with Gasteiger partial charge >= 0.3 is 0 Å². The zero-order valence-electron chi connectivity index (χ0n) is 11.4. The number of hydrogen-bond acceptors (Lipinski definition) is 4. The fourth-order valence-electron chi connectivity index (χ4n) is 1.60. The SMILES string of the molecule is CCCN(CC(=O)NC)S(=O)(=O)c1ccc(F)c(N)c1. The van der Waals surface area contributed by atoms with Crippen molar-refractivity contribution in [2.75, 3.05) is 25.9 Å². The Labute approximate surface area is 117 Å². The van der Waals surface area contributed by atoms with Gasteiger partial charge in [0.05, 0.1) is 17.1 Å². The molecule has 0 aromatic heterocycles. The molecule has 6 nitrogen and oxygen atoms in total. The predicted octanol–water partition coefficient (Wildman–Crippen LogP) is 0.555. The van der Waals surface area contributed by atoms with Crippen LogP contribution in [0.1, 0.15) is 13.3 Å². The van der Waals surface area contributed by atoms with Crippen molar-refractivity contribution in [1.29, 1.82) is 0 Å². The summed E-state index contributed by atoms with van der Waals surface area (Å²) in [6, 6.07) is 3.18. The van der Waals surface area contributed by atoms with Crippen molar-refractivity contribution >= 4 is 21.6 Å². The molecule has 0 unspecified atom stereocenters. The number of halogens is 1. The van der Waals surface area contributed by atoms with Crippen LogP contribution in [-0.2, 0) is 14.8 Å². The van der Waals surface area contributed by atoms with Gasteiger partial charge in [-0.05, 0) is 24.6 Å². The van der Waals surface area contributed by atoms with Crippen LogP contribution in [0.15, 0.2) is 23.1 Å². The largest absolute Gasteiger partial charge is 0.396 e. The lowest BCUT2D eigenvalue weighted by atomic mass is 10.3. The highest BCUT2D eigenvalue weighted by atomic mass is 32.2. The first-order valence-electron chi connectivity index (χ1n) is 6.08. The fourth-order valence-corrected chi connectivity index (χ4v) is 3.13. The standard InChI is InChI=1S/C12H18FN3O3S/c1-3-6-16(8-12(17)15-2)20(18,19)9-4-5-10(13)11(14)7-9/h4-5,7H,3,6,8,14H2,1-2H3,(H,15,17). The number of hydrogen-bond donors (Lipinski definition) is 2. The van der Waals surface area contributed by atoms with E-state index in [-0.39, 0.29) is 23.7 Å². The van der Waals surface area contributed by atoms with Crippen LogP contribution in [-0.4, -0.2) is 38.8 Å². The third-order valence-corrected chi connectivity index (χ3v) is 4.52. The van der Waals surface area contributed by atoms with Crippen LogP contribution in [0.3, 0.4) is 0 Å². The second kappa shape index (κ2) is 6.67. The lowest BCUT2D eigenvalue weighted by Gasteiger charge is -2.21. The van der Waals surface area contributed by atoms with Crippen molar-refractivity contribution in [3.63, 3.8) is 0 Å². The van der Waals surface area contributed by atoms with E-state index in [4.69, 9.17) is 5.73 Å². The zero-order valence-corrected chi connectivity index (χ0v) is 12.2. The molecule has 1 amide bonds. The summed E-state index contributed by atoms with van der Waals surface area (Å²) in [7, 11) is -2.46. The zero-order chi connectivity index (χ0) is 15.3. The Morgan fingerprint density at radius 3 is 2.60 bits per heavy atom. The number of sulfonamides is 1. The maximum atomic E-state index is 13.1. The third kappa shape index (κ3) is 3.67. The molecule has 0 aliphatic rings. The van der Waals surface area contributed by atoms with Crippen LogP contribution in [0.25, 0.3) is 0 Å². The van der Waals surface area contributed by atoms with Crippen molar-refractivity contribution in [3.8, 4) is 0 Å². The first-order valence-corrected chi connectivity index (χ1v) is 7.52. The molecule has 0 radical (unpaired) electrons. The Balaban J connectivity index is 3.14. The van der Waals surface area contributed by atoms with Gasteiger partial charge in [-0.3, -0.25) is 4.79 Å². The second-order valence-electron chi connectivity index (χ2n) is 4.20. The molecule has 1 aromatic rings. The molecule has 0 spiro atoms. The summed E-state index contributed by atoms with van der Waals surface area (Å²) in [5, 5.41) is 2.37. The molecule has 1 aromatic carbocycles. The molecule has 112 valence electrons. The minimum Gasteiger partial charge on any atom is -0.396 e. The Kier molecular flexibility index (Phi) is 5.46. The average Bonchev–Trinajstić information content (AvgIpc) is 2.40. The van der Waals surface area contributed by atoms with Crippen LogP contribution in [0.4, 0.5) is 10.1 Å². The highest BCUT2D eigenvalue weighted by Gasteiger charge is 2.26. The summed E-state index contributed by atoms with van der Waals surface area (Å²) < 4.78 is 39.0. The van der Waals surface area contributed by atoms with Crippen LogP contribution in [0, 0.1) is 5.82 Å². The van der Waals surface area contributed by atoms with E-state index in [1.165, 1.54) is 7.05 Å². The van der Waals surface area contributed by atoms with Gasteiger partial charge in [-0.1, -0.05) is 6.92 Å². The number of carbonyl (C=O) groups excluding carboxylic acids is 1. The molecule has 0 heterocycles. The highest BCUT2D eigenvalue weighted by Crippen LogP contribution is 2.20. The van der Waals surface area contributed by atoms with Crippen molar-refractivity contribution < 1.29 is 17.6 Å². The van der Waals surface area contributed by atoms with Crippen LogP contribution < -0.4 is 11.1 Å². The molecule has 0 bridgehead atoms. The average molecular weight is 303 g/mol. The van der Waals surface area contributed by atoms with Crippen LogP contribution in [0.2, 0.25) is 0 Å². The van der Waals surface area contributed by atoms with Crippen molar-refractivity contribution in [2.45, 2.75) is 18.2 Å². The van der Waals surface area contributed by atoms with Crippen molar-refractivity contribution in [2.24, 2.45) is 0 Å². The molecule has 0 fully saturated rings. The van der Waals surface area contributed by atoms with E-state index >= 15 is 0 Å². The number of nitrogens with zero attached hydrogens (tertiary/aromatic N) is 1. The van der Waals surface area contributed by atoms with E-state index in [0.29, 0.717) is 6.42 Å². The number of nitrogens with two attached hydrogens (primary N) is 1. The fraction of sp³-hybridized carbons (Fsp3) is 0.417. The van der Waals surface area contributed by atoms with Gasteiger partial charge in [-0.2, -0.15) is 4.31 Å². The van der Waals surface area contributed by atoms with Crippen molar-refractivity contribution in [1.82, 2.24) is 9.62 Å². The number of likely N-dealkylation sites (N-methyl/N-ethyl adjacent to an activating group) is 1. The normalized spacial score (nSPS) is 11.6. The number of nitrogens with one attached hydrogen (secondary N) is 1. The second-order valence-corrected chi connectivity index (χ2v) is 6.13. The molecule has 20 heavy (non-hydrogen) atoms. The number of anilines is 1. The molecule has 8 heteroatoms. The lowest BCUT2D eigenvalue weighted by Crippen LogP contribution is -2.40. The molecular weight excluding hydrogens is 285 g/mol. The summed E-state index contributed by atoms with van der Waals surface area (Å²) in [6.07, 6.45) is 0.549. The van der Waals surface area contributed by atoms with E-state index in [1.54, 1.807) is 6.92 Å². The maximum absolute atomic E-state index is 13.1. The molecule has 0 saturated carbocycles. The number of rotatable bonds is 6. The Morgan fingerprint density at radius 1 is 1.45 bits per heavy atom. The Morgan fingerprint density at radius 2 is 2.10 bits per heavy atom. The Hall–Kier alpha value is -1.67. The third-order valence-electron chi connectivity index (χ3n) is 2.68. The van der Waals surface area contributed by atoms with Gasteiger partial charge in [-0.15, -0.1) is 0 Å². The van der Waals surface area contributed by atoms with Gasteiger partial charge in [0.2, 0.25) is 15.9 Å². The van der Waals surface area contributed by atoms with Gasteiger partial charge in [0.25, 0.3) is 0 Å². The first kappa shape index (κ1) is 16.4. The maximum Gasteiger partial charge on any atom is 0.243 e. The van der Waals surface area contributed by atoms with E-state index in [1.807, 2.05) is 0 Å². The monoisotopic (exact) mass is 303 g/mol. The summed E-state index contributed by atoms with van der Waals surface area (Å²) in [6.45, 7) is 1.70. The van der Waals surface area contributed by atoms with E-state index in [9.17, 15) is 17.6 Å². The molecule has 0 aliphatic heterocycles. The quantitative estimate of drug-likeness (QED) is 0.751. The minimum absolute atomic E-state index is 0.131. The molecule has 1 rings (SSSR count). The molecule has 3 N–H and O–H groups in total. The van der Waals surface area contributed by atoms with Gasteiger partial charge in [0.15, 0.2) is 0 Å².